The third-order valence-electron chi connectivity index (χ3n) is 4.26. The van der Waals surface area contributed by atoms with Gasteiger partial charge in [-0.3, -0.25) is 9.69 Å². The second-order valence-corrected chi connectivity index (χ2v) is 7.42. The van der Waals surface area contributed by atoms with Crippen LogP contribution < -0.4 is 5.32 Å². The number of carbonyl (C=O) groups excluding carboxylic acids is 1. The van der Waals surface area contributed by atoms with Crippen molar-refractivity contribution in [1.29, 1.82) is 0 Å². The van der Waals surface area contributed by atoms with E-state index in [2.05, 4.69) is 31.0 Å². The molecule has 3 aliphatic heterocycles. The lowest BCUT2D eigenvalue weighted by molar-refractivity contribution is -0.117. The average molecular weight is 280 g/mol. The molecular weight excluding hydrogens is 252 g/mol. The molecule has 0 aliphatic carbocycles. The fraction of sp³-hybridized carbons (Fsp3) is 0.812. The van der Waals surface area contributed by atoms with Crippen molar-refractivity contribution in [3.63, 3.8) is 0 Å². The number of nitrogens with zero attached hydrogens (tertiary/aromatic N) is 1. The first-order valence-electron chi connectivity index (χ1n) is 7.71. The average Bonchev–Trinajstić information content (AvgIpc) is 2.37. The summed E-state index contributed by atoms with van der Waals surface area (Å²) in [5.41, 5.74) is 1.37. The van der Waals surface area contributed by atoms with Crippen LogP contribution in [0.15, 0.2) is 11.6 Å². The molecule has 3 heterocycles. The van der Waals surface area contributed by atoms with Gasteiger partial charge in [0.1, 0.15) is 0 Å². The van der Waals surface area contributed by atoms with Crippen LogP contribution in [0, 0.1) is 11.3 Å². The molecule has 0 aromatic heterocycles. The fourth-order valence-electron chi connectivity index (χ4n) is 3.32. The Labute approximate surface area is 122 Å². The minimum Gasteiger partial charge on any atom is -0.394 e. The van der Waals surface area contributed by atoms with E-state index in [-0.39, 0.29) is 24.0 Å². The molecule has 2 bridgehead atoms. The summed E-state index contributed by atoms with van der Waals surface area (Å²) in [5, 5.41) is 12.4. The SMILES string of the molecule is CC(C)(C)CC(CO)NC(=O)/C=C1/CN2CCC1CC2. The van der Waals surface area contributed by atoms with Crippen LogP contribution in [0.5, 0.6) is 0 Å². The third kappa shape index (κ3) is 4.32. The van der Waals surface area contributed by atoms with Crippen molar-refractivity contribution >= 4 is 5.91 Å². The minimum absolute atomic E-state index is 0.00172. The Bertz CT molecular complexity index is 376. The predicted molar refractivity (Wildman–Crippen MR) is 80.3 cm³/mol. The highest BCUT2D eigenvalue weighted by Crippen LogP contribution is 2.31. The summed E-state index contributed by atoms with van der Waals surface area (Å²) in [4.78, 5) is 14.5. The number of piperidine rings is 3. The lowest BCUT2D eigenvalue weighted by Crippen LogP contribution is -2.44. The highest BCUT2D eigenvalue weighted by molar-refractivity contribution is 5.88. The van der Waals surface area contributed by atoms with E-state index in [0.29, 0.717) is 5.92 Å². The number of fused-ring (bicyclic) bond motifs is 3. The maximum atomic E-state index is 12.1. The van der Waals surface area contributed by atoms with Crippen LogP contribution in [-0.4, -0.2) is 48.2 Å². The molecular formula is C16H28N2O2. The molecule has 114 valence electrons. The summed E-state index contributed by atoms with van der Waals surface area (Å²) < 4.78 is 0. The summed E-state index contributed by atoms with van der Waals surface area (Å²) in [6, 6.07) is -0.152. The van der Waals surface area contributed by atoms with Crippen LogP contribution in [0.4, 0.5) is 0 Å². The van der Waals surface area contributed by atoms with Crippen LogP contribution in [0.3, 0.4) is 0 Å². The number of nitrogens with one attached hydrogen (secondary N) is 1. The standard InChI is InChI=1S/C16H28N2O2/c1-16(2,3)9-14(11-19)17-15(20)8-13-10-18-6-4-12(13)5-7-18/h8,12,14,19H,4-7,9-11H2,1-3H3,(H,17,20)/b13-8-. The smallest absolute Gasteiger partial charge is 0.244 e. The Morgan fingerprint density at radius 2 is 2.10 bits per heavy atom. The Balaban J connectivity index is 1.91. The summed E-state index contributed by atoms with van der Waals surface area (Å²) in [6.07, 6.45) is 4.93. The van der Waals surface area contributed by atoms with Gasteiger partial charge in [0.2, 0.25) is 5.91 Å². The van der Waals surface area contributed by atoms with E-state index in [4.69, 9.17) is 0 Å². The van der Waals surface area contributed by atoms with Gasteiger partial charge in [0.25, 0.3) is 0 Å². The highest BCUT2D eigenvalue weighted by atomic mass is 16.3. The second-order valence-electron chi connectivity index (χ2n) is 7.42. The van der Waals surface area contributed by atoms with Crippen molar-refractivity contribution < 1.29 is 9.90 Å². The number of amides is 1. The first-order valence-corrected chi connectivity index (χ1v) is 7.71. The van der Waals surface area contributed by atoms with Gasteiger partial charge in [-0.1, -0.05) is 20.8 Å². The summed E-state index contributed by atoms with van der Waals surface area (Å²) in [7, 11) is 0. The molecule has 3 aliphatic rings. The van der Waals surface area contributed by atoms with Crippen molar-refractivity contribution in [2.75, 3.05) is 26.2 Å². The van der Waals surface area contributed by atoms with E-state index in [1.807, 2.05) is 0 Å². The van der Waals surface area contributed by atoms with Crippen LogP contribution in [-0.2, 0) is 4.79 Å². The Kier molecular flexibility index (Phi) is 4.86. The van der Waals surface area contributed by atoms with Gasteiger partial charge < -0.3 is 10.4 Å². The van der Waals surface area contributed by atoms with Crippen molar-refractivity contribution in [2.24, 2.45) is 11.3 Å². The first-order chi connectivity index (χ1) is 9.37. The number of aliphatic hydroxyl groups excluding tert-OH is 1. The van der Waals surface area contributed by atoms with Crippen LogP contribution in [0.1, 0.15) is 40.0 Å². The summed E-state index contributed by atoms with van der Waals surface area (Å²) in [6.45, 7) is 9.65. The normalized spacial score (nSPS) is 29.5. The van der Waals surface area contributed by atoms with Crippen molar-refractivity contribution in [2.45, 2.75) is 46.1 Å². The number of hydrogen-bond acceptors (Lipinski definition) is 3. The summed E-state index contributed by atoms with van der Waals surface area (Å²) >= 11 is 0. The largest absolute Gasteiger partial charge is 0.394 e. The van der Waals surface area contributed by atoms with Crippen molar-refractivity contribution in [3.05, 3.63) is 11.6 Å². The Morgan fingerprint density at radius 3 is 2.55 bits per heavy atom. The zero-order valence-corrected chi connectivity index (χ0v) is 13.0. The number of hydrogen-bond donors (Lipinski definition) is 2. The number of rotatable bonds is 4. The van der Waals surface area contributed by atoms with E-state index in [0.717, 1.165) is 13.0 Å². The van der Waals surface area contributed by atoms with Gasteiger partial charge in [-0.2, -0.15) is 0 Å². The lowest BCUT2D eigenvalue weighted by Gasteiger charge is -2.41. The molecule has 0 radical (unpaired) electrons. The summed E-state index contributed by atoms with van der Waals surface area (Å²) in [5.74, 6) is 0.554. The van der Waals surface area contributed by atoms with Gasteiger partial charge in [0, 0.05) is 12.6 Å². The van der Waals surface area contributed by atoms with Crippen LogP contribution >= 0.6 is 0 Å². The van der Waals surface area contributed by atoms with Gasteiger partial charge in [0.15, 0.2) is 0 Å². The molecule has 0 saturated carbocycles. The molecule has 3 fully saturated rings. The van der Waals surface area contributed by atoms with Gasteiger partial charge in [-0.15, -0.1) is 0 Å². The van der Waals surface area contributed by atoms with Crippen molar-refractivity contribution in [1.82, 2.24) is 10.2 Å². The zero-order chi connectivity index (χ0) is 14.8. The zero-order valence-electron chi connectivity index (χ0n) is 13.0. The van der Waals surface area contributed by atoms with E-state index in [9.17, 15) is 9.90 Å². The monoisotopic (exact) mass is 280 g/mol. The van der Waals surface area contributed by atoms with E-state index in [1.54, 1.807) is 6.08 Å². The molecule has 3 rings (SSSR count). The quantitative estimate of drug-likeness (QED) is 0.768. The van der Waals surface area contributed by atoms with Gasteiger partial charge in [-0.05, 0) is 49.3 Å². The highest BCUT2D eigenvalue weighted by Gasteiger charge is 2.30. The van der Waals surface area contributed by atoms with Crippen molar-refractivity contribution in [3.8, 4) is 0 Å². The predicted octanol–water partition coefficient (Wildman–Crippen LogP) is 1.55. The van der Waals surface area contributed by atoms with E-state index < -0.39 is 0 Å². The first kappa shape index (κ1) is 15.5. The van der Waals surface area contributed by atoms with Gasteiger partial charge in [-0.25, -0.2) is 0 Å². The topological polar surface area (TPSA) is 52.6 Å². The van der Waals surface area contributed by atoms with Gasteiger partial charge >= 0.3 is 0 Å². The number of carbonyl (C=O) groups is 1. The molecule has 0 aromatic rings. The second kappa shape index (κ2) is 6.27. The molecule has 4 nitrogen and oxygen atoms in total. The molecule has 3 saturated heterocycles. The third-order valence-corrected chi connectivity index (χ3v) is 4.26. The lowest BCUT2D eigenvalue weighted by atomic mass is 9.83. The molecule has 1 unspecified atom stereocenters. The van der Waals surface area contributed by atoms with E-state index >= 15 is 0 Å². The molecule has 20 heavy (non-hydrogen) atoms. The number of aliphatic hydroxyl groups is 1. The molecule has 1 amide bonds. The Morgan fingerprint density at radius 1 is 1.45 bits per heavy atom. The minimum atomic E-state index is -0.152. The molecule has 4 heteroatoms. The molecule has 1 atom stereocenters. The van der Waals surface area contributed by atoms with E-state index in [1.165, 1.54) is 31.5 Å². The molecule has 0 aromatic carbocycles. The molecule has 0 spiro atoms. The maximum Gasteiger partial charge on any atom is 0.244 e. The van der Waals surface area contributed by atoms with Gasteiger partial charge in [0.05, 0.1) is 12.6 Å². The molecule has 2 N–H and O–H groups in total. The Hall–Kier alpha value is -0.870. The van der Waals surface area contributed by atoms with Crippen LogP contribution in [0.25, 0.3) is 0 Å². The maximum absolute atomic E-state index is 12.1. The fourth-order valence-corrected chi connectivity index (χ4v) is 3.32. The van der Waals surface area contributed by atoms with Crippen LogP contribution in [0.2, 0.25) is 0 Å².